The van der Waals surface area contributed by atoms with Crippen LogP contribution in [0.25, 0.3) is 11.1 Å². The molecule has 0 aliphatic heterocycles. The van der Waals surface area contributed by atoms with Gasteiger partial charge in [0.2, 0.25) is 0 Å². The predicted molar refractivity (Wildman–Crippen MR) is 150 cm³/mol. The van der Waals surface area contributed by atoms with E-state index in [0.29, 0.717) is 23.5 Å². The van der Waals surface area contributed by atoms with Gasteiger partial charge in [-0.05, 0) is 55.2 Å². The summed E-state index contributed by atoms with van der Waals surface area (Å²) < 4.78 is 50.2. The molecule has 6 heteroatoms. The van der Waals surface area contributed by atoms with Crippen molar-refractivity contribution in [3.05, 3.63) is 71.1 Å². The van der Waals surface area contributed by atoms with Crippen LogP contribution in [0.3, 0.4) is 0 Å². The Bertz CT molecular complexity index is 1110. The van der Waals surface area contributed by atoms with Gasteiger partial charge in [0.15, 0.2) is 11.6 Å². The maximum atomic E-state index is 15.1. The minimum Gasteiger partial charge on any atom is -0.462 e. The number of carbonyl (C=O) groups excluding carboxylic acids is 1. The molecule has 1 saturated carbocycles. The quantitative estimate of drug-likeness (QED) is 0.148. The molecule has 1 aliphatic carbocycles. The Morgan fingerprint density at radius 2 is 1.67 bits per heavy atom. The predicted octanol–water partition coefficient (Wildman–Crippen LogP) is 8.36. The molecule has 0 bridgehead atoms. The van der Waals surface area contributed by atoms with Gasteiger partial charge in [0.05, 0.1) is 6.61 Å². The Labute approximate surface area is 231 Å². The van der Waals surface area contributed by atoms with E-state index in [2.05, 4.69) is 13.5 Å². The van der Waals surface area contributed by atoms with Crippen LogP contribution < -0.4 is 0 Å². The molecule has 1 fully saturated rings. The van der Waals surface area contributed by atoms with Crippen LogP contribution in [0.15, 0.2) is 42.5 Å². The van der Waals surface area contributed by atoms with Gasteiger partial charge in [0.1, 0.15) is 5.82 Å². The zero-order chi connectivity index (χ0) is 28.4. The first kappa shape index (κ1) is 30.9. The summed E-state index contributed by atoms with van der Waals surface area (Å²) in [6, 6.07) is 7.34. The number of ether oxygens (including phenoxy) is 1. The lowest BCUT2D eigenvalue weighted by Gasteiger charge is -2.28. The van der Waals surface area contributed by atoms with Gasteiger partial charge in [-0.15, -0.1) is 0 Å². The van der Waals surface area contributed by atoms with Crippen molar-refractivity contribution in [3.8, 4) is 11.1 Å². The molecule has 3 nitrogen and oxygen atoms in total. The van der Waals surface area contributed by atoms with Gasteiger partial charge in [-0.1, -0.05) is 89.1 Å². The summed E-state index contributed by atoms with van der Waals surface area (Å²) in [6.45, 7) is 6.97. The van der Waals surface area contributed by atoms with Crippen LogP contribution in [0.2, 0.25) is 0 Å². The van der Waals surface area contributed by atoms with E-state index in [0.717, 1.165) is 25.2 Å². The van der Waals surface area contributed by atoms with E-state index in [1.54, 1.807) is 12.1 Å². The van der Waals surface area contributed by atoms with Gasteiger partial charge in [0, 0.05) is 29.2 Å². The van der Waals surface area contributed by atoms with Crippen molar-refractivity contribution in [1.82, 2.24) is 0 Å². The number of hydrogen-bond donors (Lipinski definition) is 1. The van der Waals surface area contributed by atoms with Crippen molar-refractivity contribution < 1.29 is 27.8 Å². The molecule has 39 heavy (non-hydrogen) atoms. The average molecular weight is 545 g/mol. The largest absolute Gasteiger partial charge is 0.462 e. The molecule has 0 radical (unpaired) electrons. The highest BCUT2D eigenvalue weighted by Gasteiger charge is 2.23. The lowest BCUT2D eigenvalue weighted by atomic mass is 9.77. The van der Waals surface area contributed by atoms with Crippen molar-refractivity contribution in [2.75, 3.05) is 13.2 Å². The number of hydrogen-bond acceptors (Lipinski definition) is 3. The Kier molecular flexibility index (Phi) is 12.1. The van der Waals surface area contributed by atoms with Gasteiger partial charge >= 0.3 is 5.97 Å². The van der Waals surface area contributed by atoms with Crippen LogP contribution in [-0.2, 0) is 22.4 Å². The summed E-state index contributed by atoms with van der Waals surface area (Å²) >= 11 is 0. The van der Waals surface area contributed by atoms with E-state index in [1.807, 2.05) is 0 Å². The fourth-order valence-corrected chi connectivity index (χ4v) is 5.57. The van der Waals surface area contributed by atoms with Crippen molar-refractivity contribution in [3.63, 3.8) is 0 Å². The Balaban J connectivity index is 1.59. The summed E-state index contributed by atoms with van der Waals surface area (Å²) in [6.07, 6.45) is 11.5. The SMILES string of the molecule is C=C(C)C(=O)OCC(CO)Cc1ccc(-c2ccc(CCC3CCC(CCCCC)CC3)c(F)c2F)c(F)c1. The van der Waals surface area contributed by atoms with E-state index < -0.39 is 29.3 Å². The number of carbonyl (C=O) groups is 1. The highest BCUT2D eigenvalue weighted by molar-refractivity contribution is 5.86. The average Bonchev–Trinajstić information content (AvgIpc) is 2.93. The number of rotatable bonds is 14. The fraction of sp³-hybridized carbons (Fsp3) is 0.545. The second-order valence-electron chi connectivity index (χ2n) is 11.3. The summed E-state index contributed by atoms with van der Waals surface area (Å²) in [7, 11) is 0. The summed E-state index contributed by atoms with van der Waals surface area (Å²) in [5.74, 6) is -2.22. The Morgan fingerprint density at radius 3 is 2.28 bits per heavy atom. The van der Waals surface area contributed by atoms with Crippen LogP contribution in [0.1, 0.15) is 82.8 Å². The zero-order valence-corrected chi connectivity index (χ0v) is 23.4. The van der Waals surface area contributed by atoms with Gasteiger partial charge < -0.3 is 9.84 Å². The smallest absolute Gasteiger partial charge is 0.333 e. The van der Waals surface area contributed by atoms with E-state index in [4.69, 9.17) is 4.74 Å². The van der Waals surface area contributed by atoms with Crippen LogP contribution in [-0.4, -0.2) is 24.3 Å². The van der Waals surface area contributed by atoms with Crippen LogP contribution in [0, 0.1) is 35.2 Å². The van der Waals surface area contributed by atoms with Crippen molar-refractivity contribution in [2.45, 2.75) is 84.5 Å². The molecule has 3 rings (SSSR count). The zero-order valence-electron chi connectivity index (χ0n) is 23.4. The molecule has 1 N–H and O–H groups in total. The molecule has 1 unspecified atom stereocenters. The summed E-state index contributed by atoms with van der Waals surface area (Å²) in [5.41, 5.74) is 1.02. The van der Waals surface area contributed by atoms with Crippen molar-refractivity contribution in [2.24, 2.45) is 17.8 Å². The maximum Gasteiger partial charge on any atom is 0.333 e. The van der Waals surface area contributed by atoms with Gasteiger partial charge in [0.25, 0.3) is 0 Å². The highest BCUT2D eigenvalue weighted by atomic mass is 19.2. The molecule has 2 aromatic rings. The number of unbranched alkanes of at least 4 members (excludes halogenated alkanes) is 2. The van der Waals surface area contributed by atoms with E-state index in [-0.39, 0.29) is 36.3 Å². The monoisotopic (exact) mass is 544 g/mol. The molecule has 0 saturated heterocycles. The molecule has 0 heterocycles. The molecular formula is C33H43F3O3. The van der Waals surface area contributed by atoms with Crippen LogP contribution >= 0.6 is 0 Å². The molecular weight excluding hydrogens is 501 g/mol. The molecule has 1 aliphatic rings. The third kappa shape index (κ3) is 8.96. The van der Waals surface area contributed by atoms with Crippen molar-refractivity contribution >= 4 is 5.97 Å². The lowest BCUT2D eigenvalue weighted by Crippen LogP contribution is -2.19. The van der Waals surface area contributed by atoms with Crippen molar-refractivity contribution in [1.29, 1.82) is 0 Å². The first-order valence-electron chi connectivity index (χ1n) is 14.4. The molecule has 0 spiro atoms. The van der Waals surface area contributed by atoms with E-state index in [9.17, 15) is 18.7 Å². The van der Waals surface area contributed by atoms with E-state index >= 15 is 4.39 Å². The lowest BCUT2D eigenvalue weighted by molar-refractivity contribution is -0.140. The van der Waals surface area contributed by atoms with Crippen LogP contribution in [0.4, 0.5) is 13.2 Å². The second-order valence-corrected chi connectivity index (χ2v) is 11.3. The van der Waals surface area contributed by atoms with Crippen LogP contribution in [0.5, 0.6) is 0 Å². The van der Waals surface area contributed by atoms with Gasteiger partial charge in [-0.25, -0.2) is 18.0 Å². The molecule has 0 aromatic heterocycles. The first-order chi connectivity index (χ1) is 18.7. The molecule has 1 atom stereocenters. The first-order valence-corrected chi connectivity index (χ1v) is 14.4. The minimum absolute atomic E-state index is 0.0163. The van der Waals surface area contributed by atoms with E-state index in [1.165, 1.54) is 63.6 Å². The Morgan fingerprint density at radius 1 is 1.00 bits per heavy atom. The third-order valence-corrected chi connectivity index (χ3v) is 8.07. The number of benzene rings is 2. The summed E-state index contributed by atoms with van der Waals surface area (Å²) in [4.78, 5) is 11.6. The summed E-state index contributed by atoms with van der Waals surface area (Å²) in [5, 5.41) is 9.61. The Hall–Kier alpha value is -2.60. The molecule has 0 amide bonds. The number of aryl methyl sites for hydroxylation is 1. The molecule has 214 valence electrons. The normalized spacial score (nSPS) is 18.1. The highest BCUT2D eigenvalue weighted by Crippen LogP contribution is 2.35. The molecule has 2 aromatic carbocycles. The third-order valence-electron chi connectivity index (χ3n) is 8.07. The fourth-order valence-electron chi connectivity index (χ4n) is 5.57. The maximum absolute atomic E-state index is 15.1. The number of aliphatic hydroxyl groups is 1. The van der Waals surface area contributed by atoms with Gasteiger partial charge in [-0.2, -0.15) is 0 Å². The minimum atomic E-state index is -1.03. The number of halogens is 3. The second kappa shape index (κ2) is 15.3. The van der Waals surface area contributed by atoms with Gasteiger partial charge in [-0.3, -0.25) is 0 Å². The topological polar surface area (TPSA) is 46.5 Å². The standard InChI is InChI=1S/C33H43F3O3/c1-4-5-6-7-23-8-10-24(11-9-23)12-14-27-15-17-29(32(36)31(27)35)28-16-13-25(19-30(28)34)18-26(20-37)21-39-33(38)22(2)3/h13,15-17,19,23-24,26,37H,2,4-12,14,18,20-21H2,1,3H3. The number of esters is 1. The number of aliphatic hydroxyl groups excluding tert-OH is 1.